The first kappa shape index (κ1) is 27.2. The highest BCUT2D eigenvalue weighted by atomic mass is 32.1. The quantitative estimate of drug-likeness (QED) is 0.177. The number of aliphatic hydroxyl groups is 1. The van der Waals surface area contributed by atoms with Crippen LogP contribution < -0.4 is 21.7 Å². The largest absolute Gasteiger partial charge is 0.480 e. The van der Waals surface area contributed by atoms with Crippen molar-refractivity contribution in [1.29, 1.82) is 0 Å². The third-order valence-corrected chi connectivity index (χ3v) is 5.67. The highest BCUT2D eigenvalue weighted by Crippen LogP contribution is 2.19. The van der Waals surface area contributed by atoms with Crippen LogP contribution in [0.3, 0.4) is 0 Å². The van der Waals surface area contributed by atoms with E-state index in [1.165, 1.54) is 0 Å². The second-order valence-electron chi connectivity index (χ2n) is 8.23. The average Bonchev–Trinajstić information content (AvgIpc) is 3.21. The Hall–Kier alpha value is -3.09. The van der Waals surface area contributed by atoms with Gasteiger partial charge in [0.05, 0.1) is 6.61 Å². The molecule has 0 spiro atoms. The van der Waals surface area contributed by atoms with E-state index < -0.39 is 54.5 Å². The van der Waals surface area contributed by atoms with Gasteiger partial charge in [0.25, 0.3) is 0 Å². The Morgan fingerprint density at radius 2 is 1.68 bits per heavy atom. The predicted molar refractivity (Wildman–Crippen MR) is 129 cm³/mol. The van der Waals surface area contributed by atoms with E-state index in [9.17, 15) is 24.3 Å². The van der Waals surface area contributed by atoms with Crippen molar-refractivity contribution >= 4 is 47.2 Å². The molecule has 1 aromatic carbocycles. The molecule has 11 nitrogen and oxygen atoms in total. The zero-order valence-electron chi connectivity index (χ0n) is 18.9. The van der Waals surface area contributed by atoms with Crippen LogP contribution in [0.4, 0.5) is 0 Å². The minimum Gasteiger partial charge on any atom is -0.480 e. The smallest absolute Gasteiger partial charge is 0.326 e. The molecule has 34 heavy (non-hydrogen) atoms. The van der Waals surface area contributed by atoms with E-state index in [0.29, 0.717) is 0 Å². The standard InChI is InChI=1S/C22H31N5O6S/c1-11(2)18(27-20(30)17(10-34)26-19(29)14(23)9-28)21(31)25-16(22(32)33)7-12-8-24-15-6-4-3-5-13(12)15/h3-6,8,11,14,16-18,24,28,34H,7,9-10,23H2,1-2H3,(H,25,31)(H,26,29)(H,27,30)(H,32,33). The summed E-state index contributed by atoms with van der Waals surface area (Å²) < 4.78 is 0. The second-order valence-corrected chi connectivity index (χ2v) is 8.59. The van der Waals surface area contributed by atoms with Crippen LogP contribution in [-0.2, 0) is 25.6 Å². The Morgan fingerprint density at radius 1 is 1.03 bits per heavy atom. The third-order valence-electron chi connectivity index (χ3n) is 5.31. The summed E-state index contributed by atoms with van der Waals surface area (Å²) in [7, 11) is 0. The molecule has 0 radical (unpaired) electrons. The number of aliphatic hydroxyl groups excluding tert-OH is 1. The Balaban J connectivity index is 2.11. The second kappa shape index (κ2) is 12.4. The molecule has 3 amide bonds. The number of hydrogen-bond donors (Lipinski definition) is 8. The first-order valence-corrected chi connectivity index (χ1v) is 11.4. The van der Waals surface area contributed by atoms with Gasteiger partial charge in [-0.05, 0) is 17.5 Å². The van der Waals surface area contributed by atoms with Crippen LogP contribution in [0, 0.1) is 5.92 Å². The minimum atomic E-state index is -1.23. The predicted octanol–water partition coefficient (Wildman–Crippen LogP) is -0.845. The molecule has 1 aromatic heterocycles. The van der Waals surface area contributed by atoms with Gasteiger partial charge in [0.15, 0.2) is 0 Å². The summed E-state index contributed by atoms with van der Waals surface area (Å²) in [6.07, 6.45) is 1.74. The van der Waals surface area contributed by atoms with Crippen LogP contribution in [0.2, 0.25) is 0 Å². The van der Waals surface area contributed by atoms with Gasteiger partial charge in [-0.1, -0.05) is 32.0 Å². The molecule has 0 saturated heterocycles. The highest BCUT2D eigenvalue weighted by molar-refractivity contribution is 7.80. The molecular weight excluding hydrogens is 462 g/mol. The lowest BCUT2D eigenvalue weighted by Gasteiger charge is -2.26. The van der Waals surface area contributed by atoms with Crippen LogP contribution in [-0.4, -0.2) is 75.4 Å². The molecule has 8 N–H and O–H groups in total. The summed E-state index contributed by atoms with van der Waals surface area (Å²) in [5.41, 5.74) is 7.03. The van der Waals surface area contributed by atoms with Crippen LogP contribution in [0.1, 0.15) is 19.4 Å². The number of nitrogens with one attached hydrogen (secondary N) is 4. The Labute approximate surface area is 202 Å². The number of H-pyrrole nitrogens is 1. The summed E-state index contributed by atoms with van der Waals surface area (Å²) in [5.74, 6) is -3.79. The maximum absolute atomic E-state index is 13.0. The number of rotatable bonds is 12. The number of aliphatic carboxylic acids is 1. The number of thiol groups is 1. The molecule has 186 valence electrons. The van der Waals surface area contributed by atoms with Crippen molar-refractivity contribution in [1.82, 2.24) is 20.9 Å². The van der Waals surface area contributed by atoms with E-state index in [-0.39, 0.29) is 18.1 Å². The van der Waals surface area contributed by atoms with Gasteiger partial charge in [-0.25, -0.2) is 4.79 Å². The third kappa shape index (κ3) is 6.95. The van der Waals surface area contributed by atoms with Crippen LogP contribution in [0.15, 0.2) is 30.5 Å². The fraction of sp³-hybridized carbons (Fsp3) is 0.455. The van der Waals surface area contributed by atoms with Gasteiger partial charge < -0.3 is 36.9 Å². The van der Waals surface area contributed by atoms with E-state index in [1.807, 2.05) is 24.3 Å². The van der Waals surface area contributed by atoms with Gasteiger partial charge in [0.1, 0.15) is 24.2 Å². The normalized spacial score (nSPS) is 14.8. The van der Waals surface area contributed by atoms with Gasteiger partial charge in [-0.3, -0.25) is 14.4 Å². The number of para-hydroxylation sites is 1. The number of aromatic nitrogens is 1. The first-order valence-electron chi connectivity index (χ1n) is 10.7. The first-order chi connectivity index (χ1) is 16.1. The number of amides is 3. The topological polar surface area (TPSA) is 187 Å². The molecule has 4 atom stereocenters. The zero-order chi connectivity index (χ0) is 25.4. The summed E-state index contributed by atoms with van der Waals surface area (Å²) in [6.45, 7) is 2.78. The van der Waals surface area contributed by atoms with Crippen molar-refractivity contribution in [3.63, 3.8) is 0 Å². The number of fused-ring (bicyclic) bond motifs is 1. The van der Waals surface area contributed by atoms with Crippen molar-refractivity contribution in [2.24, 2.45) is 11.7 Å². The summed E-state index contributed by atoms with van der Waals surface area (Å²) in [4.78, 5) is 52.5. The number of aromatic amines is 1. The van der Waals surface area contributed by atoms with E-state index in [0.717, 1.165) is 16.5 Å². The lowest BCUT2D eigenvalue weighted by Crippen LogP contribution is -2.59. The van der Waals surface area contributed by atoms with Crippen molar-refractivity contribution in [2.75, 3.05) is 12.4 Å². The SMILES string of the molecule is CC(C)C(NC(=O)C(CS)NC(=O)C(N)CO)C(=O)NC(Cc1c[nH]c2ccccc12)C(=O)O. The molecule has 0 bridgehead atoms. The van der Waals surface area contributed by atoms with E-state index in [2.05, 4.69) is 33.6 Å². The lowest BCUT2D eigenvalue weighted by molar-refractivity contribution is -0.142. The fourth-order valence-electron chi connectivity index (χ4n) is 3.33. The van der Waals surface area contributed by atoms with Crippen molar-refractivity contribution in [3.05, 3.63) is 36.0 Å². The lowest BCUT2D eigenvalue weighted by atomic mass is 10.0. The van der Waals surface area contributed by atoms with Gasteiger partial charge >= 0.3 is 5.97 Å². The van der Waals surface area contributed by atoms with Gasteiger partial charge in [-0.2, -0.15) is 12.6 Å². The summed E-state index contributed by atoms with van der Waals surface area (Å²) >= 11 is 4.05. The molecule has 1 heterocycles. The summed E-state index contributed by atoms with van der Waals surface area (Å²) in [5, 5.41) is 27.0. The Bertz CT molecular complexity index is 1030. The highest BCUT2D eigenvalue weighted by Gasteiger charge is 2.31. The van der Waals surface area contributed by atoms with Crippen LogP contribution in [0.5, 0.6) is 0 Å². The molecule has 0 saturated carbocycles. The number of carboxylic acids is 1. The monoisotopic (exact) mass is 493 g/mol. The average molecular weight is 494 g/mol. The van der Waals surface area contributed by atoms with Crippen molar-refractivity contribution in [3.8, 4) is 0 Å². The number of carboxylic acid groups (broad SMARTS) is 1. The molecule has 2 aromatic rings. The number of benzene rings is 1. The van der Waals surface area contributed by atoms with E-state index in [4.69, 9.17) is 10.8 Å². The van der Waals surface area contributed by atoms with E-state index >= 15 is 0 Å². The van der Waals surface area contributed by atoms with Gasteiger partial charge in [0, 0.05) is 29.3 Å². The number of hydrogen-bond acceptors (Lipinski definition) is 7. The molecule has 0 fully saturated rings. The fourth-order valence-corrected chi connectivity index (χ4v) is 3.58. The zero-order valence-corrected chi connectivity index (χ0v) is 19.8. The summed E-state index contributed by atoms with van der Waals surface area (Å²) in [6, 6.07) is 2.80. The molecule has 4 unspecified atom stereocenters. The number of carbonyl (C=O) groups is 4. The Morgan fingerprint density at radius 3 is 2.26 bits per heavy atom. The molecule has 0 aliphatic heterocycles. The van der Waals surface area contributed by atoms with Crippen molar-refractivity contribution in [2.45, 2.75) is 44.4 Å². The minimum absolute atomic E-state index is 0.0399. The number of carbonyl (C=O) groups excluding carboxylic acids is 3. The molecular formula is C22H31N5O6S. The molecule has 2 rings (SSSR count). The Kier molecular flexibility index (Phi) is 9.90. The van der Waals surface area contributed by atoms with Crippen molar-refractivity contribution < 1.29 is 29.4 Å². The van der Waals surface area contributed by atoms with Crippen LogP contribution >= 0.6 is 12.6 Å². The van der Waals surface area contributed by atoms with Gasteiger partial charge in [0.2, 0.25) is 17.7 Å². The van der Waals surface area contributed by atoms with Gasteiger partial charge in [-0.15, -0.1) is 0 Å². The molecule has 12 heteroatoms. The maximum atomic E-state index is 13.0. The molecule has 0 aliphatic rings. The molecule has 0 aliphatic carbocycles. The maximum Gasteiger partial charge on any atom is 0.326 e. The van der Waals surface area contributed by atoms with Crippen LogP contribution in [0.25, 0.3) is 10.9 Å². The van der Waals surface area contributed by atoms with E-state index in [1.54, 1.807) is 20.0 Å². The number of nitrogens with two attached hydrogens (primary N) is 1.